The van der Waals surface area contributed by atoms with Crippen LogP contribution in [0.5, 0.6) is 5.75 Å². The molecule has 0 unspecified atom stereocenters. The maximum atomic E-state index is 9.56. The molecule has 124 valence electrons. The number of nitrogen functional groups attached to an aromatic ring is 1. The lowest BCUT2D eigenvalue weighted by atomic mass is 9.97. The van der Waals surface area contributed by atoms with Gasteiger partial charge in [-0.1, -0.05) is 41.9 Å². The summed E-state index contributed by atoms with van der Waals surface area (Å²) in [5.74, 6) is 0.880. The first-order valence-corrected chi connectivity index (χ1v) is 8.20. The first-order chi connectivity index (χ1) is 12.1. The van der Waals surface area contributed by atoms with Crippen LogP contribution in [0, 0.1) is 11.3 Å². The van der Waals surface area contributed by atoms with Gasteiger partial charge in [-0.05, 0) is 31.2 Å². The summed E-state index contributed by atoms with van der Waals surface area (Å²) in [7, 11) is 0. The van der Waals surface area contributed by atoms with Crippen molar-refractivity contribution in [1.82, 2.24) is 4.98 Å². The third-order valence-electron chi connectivity index (χ3n) is 3.76. The number of nitrogens with zero attached hydrogens (tertiary/aromatic N) is 2. The van der Waals surface area contributed by atoms with Gasteiger partial charge in [0.2, 0.25) is 0 Å². The summed E-state index contributed by atoms with van der Waals surface area (Å²) < 4.78 is 5.70. The van der Waals surface area contributed by atoms with Crippen LogP contribution in [0.25, 0.3) is 22.4 Å². The van der Waals surface area contributed by atoms with E-state index in [1.807, 2.05) is 55.5 Å². The van der Waals surface area contributed by atoms with Gasteiger partial charge in [0.05, 0.1) is 12.3 Å². The monoisotopic (exact) mass is 349 g/mol. The van der Waals surface area contributed by atoms with Crippen molar-refractivity contribution >= 4 is 17.4 Å². The number of halogens is 1. The molecule has 0 amide bonds. The lowest BCUT2D eigenvalue weighted by Crippen LogP contribution is -2.01. The Bertz CT molecular complexity index is 963. The molecule has 5 heteroatoms. The van der Waals surface area contributed by atoms with Gasteiger partial charge >= 0.3 is 0 Å². The normalized spacial score (nSPS) is 10.3. The number of anilines is 1. The fraction of sp³-hybridized carbons (Fsp3) is 0.100. The van der Waals surface area contributed by atoms with Gasteiger partial charge in [-0.2, -0.15) is 5.26 Å². The van der Waals surface area contributed by atoms with E-state index in [2.05, 4.69) is 11.1 Å². The molecule has 0 fully saturated rings. The molecule has 0 saturated carbocycles. The predicted molar refractivity (Wildman–Crippen MR) is 100 cm³/mol. The number of hydrogen-bond donors (Lipinski definition) is 1. The van der Waals surface area contributed by atoms with E-state index in [9.17, 15) is 5.26 Å². The van der Waals surface area contributed by atoms with Gasteiger partial charge in [0, 0.05) is 21.7 Å². The number of benzene rings is 2. The molecule has 0 spiro atoms. The van der Waals surface area contributed by atoms with Crippen LogP contribution in [0.2, 0.25) is 5.02 Å². The lowest BCUT2D eigenvalue weighted by molar-refractivity contribution is 0.341. The number of para-hydroxylation sites is 1. The van der Waals surface area contributed by atoms with E-state index < -0.39 is 0 Å². The predicted octanol–water partition coefficient (Wildman–Crippen LogP) is 4.92. The number of rotatable bonds is 4. The van der Waals surface area contributed by atoms with Crippen molar-refractivity contribution in [2.75, 3.05) is 12.3 Å². The van der Waals surface area contributed by atoms with Gasteiger partial charge in [0.1, 0.15) is 23.2 Å². The zero-order chi connectivity index (χ0) is 17.8. The average molecular weight is 350 g/mol. The van der Waals surface area contributed by atoms with Gasteiger partial charge in [-0.15, -0.1) is 0 Å². The first-order valence-electron chi connectivity index (χ1n) is 7.82. The van der Waals surface area contributed by atoms with E-state index in [4.69, 9.17) is 22.1 Å². The van der Waals surface area contributed by atoms with Crippen molar-refractivity contribution in [2.45, 2.75) is 6.92 Å². The second kappa shape index (κ2) is 7.25. The van der Waals surface area contributed by atoms with Crippen LogP contribution in [-0.4, -0.2) is 11.6 Å². The van der Waals surface area contributed by atoms with Crippen LogP contribution in [0.1, 0.15) is 12.5 Å². The zero-order valence-corrected chi connectivity index (χ0v) is 14.4. The molecule has 25 heavy (non-hydrogen) atoms. The number of aromatic nitrogens is 1. The van der Waals surface area contributed by atoms with Crippen molar-refractivity contribution < 1.29 is 4.74 Å². The lowest BCUT2D eigenvalue weighted by Gasteiger charge is -2.14. The summed E-state index contributed by atoms with van der Waals surface area (Å²) in [6.45, 7) is 2.45. The van der Waals surface area contributed by atoms with Crippen LogP contribution in [-0.2, 0) is 0 Å². The van der Waals surface area contributed by atoms with E-state index in [1.165, 1.54) is 0 Å². The molecule has 1 heterocycles. The highest BCUT2D eigenvalue weighted by Crippen LogP contribution is 2.36. The number of ether oxygens (including phenoxy) is 1. The molecule has 2 aromatic carbocycles. The number of nitriles is 1. The van der Waals surface area contributed by atoms with Crippen LogP contribution < -0.4 is 10.5 Å². The Morgan fingerprint density at radius 3 is 2.64 bits per heavy atom. The number of hydrogen-bond acceptors (Lipinski definition) is 4. The van der Waals surface area contributed by atoms with Crippen molar-refractivity contribution in [1.29, 1.82) is 5.26 Å². The molecule has 1 aromatic heterocycles. The smallest absolute Gasteiger partial charge is 0.142 e. The van der Waals surface area contributed by atoms with Gasteiger partial charge < -0.3 is 10.5 Å². The quantitative estimate of drug-likeness (QED) is 0.725. The van der Waals surface area contributed by atoms with E-state index in [-0.39, 0.29) is 5.82 Å². The highest BCUT2D eigenvalue weighted by molar-refractivity contribution is 6.30. The summed E-state index contributed by atoms with van der Waals surface area (Å²) in [5, 5.41) is 10.2. The van der Waals surface area contributed by atoms with Crippen LogP contribution in [0.4, 0.5) is 5.82 Å². The Hall–Kier alpha value is -3.03. The molecule has 0 aliphatic carbocycles. The topological polar surface area (TPSA) is 71.9 Å². The van der Waals surface area contributed by atoms with E-state index >= 15 is 0 Å². The highest BCUT2D eigenvalue weighted by atomic mass is 35.5. The van der Waals surface area contributed by atoms with Gasteiger partial charge in [-0.3, -0.25) is 0 Å². The standard InChI is InChI=1S/C20H16ClN3O/c1-2-25-19-9-4-3-8-15(19)16-11-18(24-20(23)17(16)12-22)13-6-5-7-14(21)10-13/h3-11H,2H2,1H3,(H2,23,24). The maximum absolute atomic E-state index is 9.56. The molecule has 4 nitrogen and oxygen atoms in total. The van der Waals surface area contributed by atoms with E-state index in [0.717, 1.165) is 11.1 Å². The van der Waals surface area contributed by atoms with Crippen LogP contribution in [0.15, 0.2) is 54.6 Å². The van der Waals surface area contributed by atoms with Crippen LogP contribution in [0.3, 0.4) is 0 Å². The van der Waals surface area contributed by atoms with E-state index in [1.54, 1.807) is 6.07 Å². The molecule has 0 aliphatic rings. The Labute approximate surface area is 151 Å². The average Bonchev–Trinajstić information content (AvgIpc) is 2.62. The largest absolute Gasteiger partial charge is 0.493 e. The molecule has 0 saturated heterocycles. The molecule has 3 aromatic rings. The maximum Gasteiger partial charge on any atom is 0.142 e. The third-order valence-corrected chi connectivity index (χ3v) is 3.99. The Morgan fingerprint density at radius 2 is 1.92 bits per heavy atom. The van der Waals surface area contributed by atoms with Gasteiger partial charge in [0.25, 0.3) is 0 Å². The Balaban J connectivity index is 2.24. The minimum Gasteiger partial charge on any atom is -0.493 e. The molecule has 0 atom stereocenters. The first kappa shape index (κ1) is 16.8. The van der Waals surface area contributed by atoms with Crippen molar-refractivity contribution in [3.63, 3.8) is 0 Å². The SMILES string of the molecule is CCOc1ccccc1-c1cc(-c2cccc(Cl)c2)nc(N)c1C#N. The Kier molecular flexibility index (Phi) is 4.87. The molecule has 0 radical (unpaired) electrons. The van der Waals surface area contributed by atoms with Crippen molar-refractivity contribution in [3.8, 4) is 34.2 Å². The summed E-state index contributed by atoms with van der Waals surface area (Å²) in [5.41, 5.74) is 9.37. The Morgan fingerprint density at radius 1 is 1.12 bits per heavy atom. The molecule has 2 N–H and O–H groups in total. The molecular formula is C20H16ClN3O. The van der Waals surface area contributed by atoms with Gasteiger partial charge in [-0.25, -0.2) is 4.98 Å². The number of pyridine rings is 1. The van der Waals surface area contributed by atoms with Gasteiger partial charge in [0.15, 0.2) is 0 Å². The second-order valence-electron chi connectivity index (χ2n) is 5.37. The second-order valence-corrected chi connectivity index (χ2v) is 5.80. The fourth-order valence-electron chi connectivity index (χ4n) is 2.66. The molecule has 0 aliphatic heterocycles. The van der Waals surface area contributed by atoms with Crippen molar-refractivity contribution in [2.24, 2.45) is 0 Å². The summed E-state index contributed by atoms with van der Waals surface area (Å²) in [6.07, 6.45) is 0. The zero-order valence-electron chi connectivity index (χ0n) is 13.7. The third kappa shape index (κ3) is 3.42. The minimum absolute atomic E-state index is 0.182. The summed E-state index contributed by atoms with van der Waals surface area (Å²) in [6, 6.07) is 18.9. The van der Waals surface area contributed by atoms with Crippen LogP contribution >= 0.6 is 11.6 Å². The summed E-state index contributed by atoms with van der Waals surface area (Å²) >= 11 is 6.08. The van der Waals surface area contributed by atoms with Crippen molar-refractivity contribution in [3.05, 3.63) is 65.2 Å². The molecule has 0 bridgehead atoms. The minimum atomic E-state index is 0.182. The summed E-state index contributed by atoms with van der Waals surface area (Å²) in [4.78, 5) is 4.37. The molecular weight excluding hydrogens is 334 g/mol. The fourth-order valence-corrected chi connectivity index (χ4v) is 2.85. The number of nitrogens with two attached hydrogens (primary N) is 1. The van der Waals surface area contributed by atoms with E-state index in [0.29, 0.717) is 34.2 Å². The molecule has 3 rings (SSSR count). The highest BCUT2D eigenvalue weighted by Gasteiger charge is 2.16.